The van der Waals surface area contributed by atoms with Gasteiger partial charge in [-0.2, -0.15) is 0 Å². The van der Waals surface area contributed by atoms with Gasteiger partial charge in [0.15, 0.2) is 0 Å². The summed E-state index contributed by atoms with van der Waals surface area (Å²) in [4.78, 5) is 13.1. The van der Waals surface area contributed by atoms with Gasteiger partial charge in [-0.25, -0.2) is 8.42 Å². The second-order valence-corrected chi connectivity index (χ2v) is 10.3. The molecule has 1 amide bonds. The molecular weight excluding hydrogens is 488 g/mol. The van der Waals surface area contributed by atoms with Gasteiger partial charge in [0.25, 0.3) is 10.0 Å². The van der Waals surface area contributed by atoms with E-state index in [4.69, 9.17) is 9.47 Å². The topological polar surface area (TPSA) is 84.9 Å². The third-order valence-electron chi connectivity index (χ3n) is 5.61. The van der Waals surface area contributed by atoms with Crippen LogP contribution in [0.2, 0.25) is 0 Å². The molecule has 0 saturated heterocycles. The van der Waals surface area contributed by atoms with Crippen LogP contribution in [0.1, 0.15) is 11.1 Å². The normalized spacial score (nSPS) is 11.0. The lowest BCUT2D eigenvalue weighted by Crippen LogP contribution is -2.38. The quantitative estimate of drug-likeness (QED) is 0.298. The predicted octanol–water partition coefficient (Wildman–Crippen LogP) is 5.94. The molecule has 0 saturated carbocycles. The lowest BCUT2D eigenvalue weighted by atomic mass is 10.2. The lowest BCUT2D eigenvalue weighted by Gasteiger charge is -2.25. The SMILES string of the molecule is COc1ccc(C)cc1S(=O)(=O)N(CC(=O)Nc1ccc(Oc2ccccc2)cc1)c1ccc(C)cc1. The Labute approximate surface area is 217 Å². The molecule has 4 aromatic carbocycles. The fraction of sp³-hybridized carbons (Fsp3) is 0.138. The van der Waals surface area contributed by atoms with Crippen molar-refractivity contribution in [2.24, 2.45) is 0 Å². The van der Waals surface area contributed by atoms with Crippen LogP contribution < -0.4 is 19.1 Å². The number of nitrogens with one attached hydrogen (secondary N) is 1. The first-order valence-corrected chi connectivity index (χ1v) is 13.1. The van der Waals surface area contributed by atoms with Gasteiger partial charge in [0.1, 0.15) is 28.7 Å². The Hall–Kier alpha value is -4.30. The molecule has 0 heterocycles. The summed E-state index contributed by atoms with van der Waals surface area (Å²) in [6.07, 6.45) is 0. The zero-order valence-corrected chi connectivity index (χ0v) is 21.7. The molecule has 0 radical (unpaired) electrons. The van der Waals surface area contributed by atoms with Crippen LogP contribution in [0.15, 0.2) is 102 Å². The van der Waals surface area contributed by atoms with E-state index < -0.39 is 22.5 Å². The van der Waals surface area contributed by atoms with E-state index in [9.17, 15) is 13.2 Å². The standard InChI is InChI=1S/C29H28N2O5S/c1-21-9-14-24(15-10-21)31(37(33,34)28-19-22(2)11-18-27(28)35-3)20-29(32)30-23-12-16-26(17-13-23)36-25-7-5-4-6-8-25/h4-19H,20H2,1-3H3,(H,30,32). The third-order valence-corrected chi connectivity index (χ3v) is 7.41. The number of ether oxygens (including phenoxy) is 2. The third kappa shape index (κ3) is 6.29. The minimum absolute atomic E-state index is 0.00853. The number of benzene rings is 4. The van der Waals surface area contributed by atoms with E-state index in [2.05, 4.69) is 5.32 Å². The molecule has 7 nitrogen and oxygen atoms in total. The molecule has 4 aromatic rings. The lowest BCUT2D eigenvalue weighted by molar-refractivity contribution is -0.114. The van der Waals surface area contributed by atoms with E-state index in [0.717, 1.165) is 15.4 Å². The zero-order chi connectivity index (χ0) is 26.4. The van der Waals surface area contributed by atoms with Gasteiger partial charge >= 0.3 is 0 Å². The summed E-state index contributed by atoms with van der Waals surface area (Å²) in [5, 5.41) is 2.78. The Morgan fingerprint density at radius 1 is 0.811 bits per heavy atom. The average molecular weight is 517 g/mol. The van der Waals surface area contributed by atoms with E-state index in [1.807, 2.05) is 37.3 Å². The van der Waals surface area contributed by atoms with E-state index in [0.29, 0.717) is 22.9 Å². The smallest absolute Gasteiger partial charge is 0.268 e. The van der Waals surface area contributed by atoms with Crippen molar-refractivity contribution in [2.45, 2.75) is 18.7 Å². The number of carbonyl (C=O) groups excluding carboxylic acids is 1. The van der Waals surface area contributed by atoms with Gasteiger partial charge in [0.05, 0.1) is 12.8 Å². The second kappa shape index (κ2) is 11.2. The molecule has 0 aliphatic carbocycles. The van der Waals surface area contributed by atoms with Crippen LogP contribution in [0.25, 0.3) is 0 Å². The van der Waals surface area contributed by atoms with Gasteiger partial charge in [-0.3, -0.25) is 9.10 Å². The maximum atomic E-state index is 13.8. The number of hydrogen-bond acceptors (Lipinski definition) is 5. The van der Waals surface area contributed by atoms with Crippen LogP contribution >= 0.6 is 0 Å². The average Bonchev–Trinajstić information content (AvgIpc) is 2.89. The highest BCUT2D eigenvalue weighted by atomic mass is 32.2. The highest BCUT2D eigenvalue weighted by Crippen LogP contribution is 2.31. The Morgan fingerprint density at radius 3 is 2.08 bits per heavy atom. The van der Waals surface area contributed by atoms with Crippen LogP contribution in [0.3, 0.4) is 0 Å². The molecule has 0 unspecified atom stereocenters. The van der Waals surface area contributed by atoms with Crippen molar-refractivity contribution in [2.75, 3.05) is 23.3 Å². The first-order chi connectivity index (χ1) is 17.8. The molecule has 0 fully saturated rings. The molecule has 37 heavy (non-hydrogen) atoms. The van der Waals surface area contributed by atoms with Crippen molar-refractivity contribution in [3.63, 3.8) is 0 Å². The molecule has 0 aliphatic rings. The Kier molecular flexibility index (Phi) is 7.79. The van der Waals surface area contributed by atoms with Crippen LogP contribution in [0, 0.1) is 13.8 Å². The number of para-hydroxylation sites is 1. The number of aryl methyl sites for hydroxylation is 2. The predicted molar refractivity (Wildman–Crippen MR) is 145 cm³/mol. The molecule has 1 N–H and O–H groups in total. The fourth-order valence-corrected chi connectivity index (χ4v) is 5.36. The Bertz CT molecular complexity index is 1470. The summed E-state index contributed by atoms with van der Waals surface area (Å²) in [6.45, 7) is 3.28. The first-order valence-electron chi connectivity index (χ1n) is 11.6. The van der Waals surface area contributed by atoms with Crippen molar-refractivity contribution in [1.29, 1.82) is 0 Å². The highest BCUT2D eigenvalue weighted by molar-refractivity contribution is 7.93. The number of rotatable bonds is 9. The summed E-state index contributed by atoms with van der Waals surface area (Å²) in [7, 11) is -2.72. The summed E-state index contributed by atoms with van der Waals surface area (Å²) in [5.41, 5.74) is 2.61. The number of carbonyl (C=O) groups is 1. The fourth-order valence-electron chi connectivity index (χ4n) is 3.69. The zero-order valence-electron chi connectivity index (χ0n) is 20.8. The summed E-state index contributed by atoms with van der Waals surface area (Å²) in [5.74, 6) is 1.02. The molecular formula is C29H28N2O5S. The number of nitrogens with zero attached hydrogens (tertiary/aromatic N) is 1. The summed E-state index contributed by atoms with van der Waals surface area (Å²) >= 11 is 0. The van der Waals surface area contributed by atoms with Gasteiger partial charge in [-0.05, 0) is 80.1 Å². The first kappa shape index (κ1) is 25.8. The molecule has 190 valence electrons. The van der Waals surface area contributed by atoms with Crippen molar-refractivity contribution < 1.29 is 22.7 Å². The van der Waals surface area contributed by atoms with Gasteiger partial charge in [0.2, 0.25) is 5.91 Å². The number of hydrogen-bond donors (Lipinski definition) is 1. The molecule has 8 heteroatoms. The minimum atomic E-state index is -4.13. The van der Waals surface area contributed by atoms with Crippen LogP contribution in [0.5, 0.6) is 17.2 Å². The molecule has 0 aliphatic heterocycles. The Balaban J connectivity index is 1.57. The van der Waals surface area contributed by atoms with Crippen molar-refractivity contribution in [3.8, 4) is 17.2 Å². The van der Waals surface area contributed by atoms with E-state index in [-0.39, 0.29) is 10.6 Å². The van der Waals surface area contributed by atoms with Gasteiger partial charge in [-0.1, -0.05) is 42.0 Å². The number of sulfonamides is 1. The summed E-state index contributed by atoms with van der Waals surface area (Å²) in [6, 6.07) is 28.1. The van der Waals surface area contributed by atoms with Gasteiger partial charge in [-0.15, -0.1) is 0 Å². The van der Waals surface area contributed by atoms with E-state index >= 15 is 0 Å². The van der Waals surface area contributed by atoms with E-state index in [1.165, 1.54) is 7.11 Å². The minimum Gasteiger partial charge on any atom is -0.495 e. The second-order valence-electron chi connectivity index (χ2n) is 8.49. The number of anilines is 2. The molecule has 0 atom stereocenters. The molecule has 4 rings (SSSR count). The van der Waals surface area contributed by atoms with Crippen molar-refractivity contribution in [1.82, 2.24) is 0 Å². The number of methoxy groups -OCH3 is 1. The largest absolute Gasteiger partial charge is 0.495 e. The highest BCUT2D eigenvalue weighted by Gasteiger charge is 2.30. The van der Waals surface area contributed by atoms with Crippen molar-refractivity contribution in [3.05, 3.63) is 108 Å². The Morgan fingerprint density at radius 2 is 1.43 bits per heavy atom. The van der Waals surface area contributed by atoms with Crippen LogP contribution in [-0.2, 0) is 14.8 Å². The molecule has 0 bridgehead atoms. The molecule has 0 aromatic heterocycles. The van der Waals surface area contributed by atoms with E-state index in [1.54, 1.807) is 73.7 Å². The monoisotopic (exact) mass is 516 g/mol. The molecule has 0 spiro atoms. The van der Waals surface area contributed by atoms with Gasteiger partial charge in [0, 0.05) is 5.69 Å². The van der Waals surface area contributed by atoms with Crippen LogP contribution in [-0.4, -0.2) is 28.0 Å². The number of amides is 1. The van der Waals surface area contributed by atoms with Crippen LogP contribution in [0.4, 0.5) is 11.4 Å². The maximum Gasteiger partial charge on any atom is 0.268 e. The maximum absolute atomic E-state index is 13.8. The summed E-state index contributed by atoms with van der Waals surface area (Å²) < 4.78 is 39.8. The van der Waals surface area contributed by atoms with Crippen molar-refractivity contribution >= 4 is 27.3 Å². The van der Waals surface area contributed by atoms with Gasteiger partial charge < -0.3 is 14.8 Å².